The highest BCUT2D eigenvalue weighted by Gasteiger charge is 2.31. The monoisotopic (exact) mass is 348 g/mol. The maximum atomic E-state index is 12.8. The van der Waals surface area contributed by atoms with Crippen molar-refractivity contribution in [1.82, 2.24) is 0 Å². The topological polar surface area (TPSA) is 52.9 Å². The van der Waals surface area contributed by atoms with Crippen LogP contribution in [0, 0.1) is 11.3 Å². The number of alkyl halides is 3. The molecular weight excluding hydrogens is 333 g/mol. The first-order chi connectivity index (χ1) is 10.3. The van der Waals surface area contributed by atoms with E-state index in [-0.39, 0.29) is 23.3 Å². The largest absolute Gasteiger partial charge is 0.416 e. The Labute approximate surface area is 135 Å². The zero-order valence-electron chi connectivity index (χ0n) is 12.0. The molecule has 1 unspecified atom stereocenters. The normalized spacial score (nSPS) is 12.5. The third kappa shape index (κ3) is 5.46. The van der Waals surface area contributed by atoms with E-state index in [4.69, 9.17) is 5.26 Å². The SMILES string of the molecule is CSC(C)C(=O)Nc1cc(C(F)(F)F)ccc1SCCC#N. The minimum atomic E-state index is -4.47. The van der Waals surface area contributed by atoms with Gasteiger partial charge in [-0.2, -0.15) is 30.2 Å². The van der Waals surface area contributed by atoms with Gasteiger partial charge in [-0.05, 0) is 31.4 Å². The Morgan fingerprint density at radius 2 is 2.14 bits per heavy atom. The van der Waals surface area contributed by atoms with E-state index < -0.39 is 11.7 Å². The zero-order chi connectivity index (χ0) is 16.8. The number of hydrogen-bond donors (Lipinski definition) is 1. The van der Waals surface area contributed by atoms with E-state index in [2.05, 4.69) is 5.32 Å². The minimum Gasteiger partial charge on any atom is -0.324 e. The smallest absolute Gasteiger partial charge is 0.324 e. The van der Waals surface area contributed by atoms with Crippen LogP contribution in [0.3, 0.4) is 0 Å². The van der Waals surface area contributed by atoms with Crippen molar-refractivity contribution in [2.24, 2.45) is 0 Å². The summed E-state index contributed by atoms with van der Waals surface area (Å²) in [6, 6.07) is 5.20. The second kappa shape index (κ2) is 8.34. The molecule has 1 atom stereocenters. The Hall–Kier alpha value is -1.33. The Kier molecular flexibility index (Phi) is 7.10. The Balaban J connectivity index is 3.06. The number of rotatable bonds is 6. The van der Waals surface area contributed by atoms with Gasteiger partial charge >= 0.3 is 6.18 Å². The molecule has 0 heterocycles. The van der Waals surface area contributed by atoms with Crippen LogP contribution in [-0.2, 0) is 11.0 Å². The van der Waals surface area contributed by atoms with Gasteiger partial charge in [0.2, 0.25) is 5.91 Å². The Morgan fingerprint density at radius 3 is 2.68 bits per heavy atom. The number of nitrogens with one attached hydrogen (secondary N) is 1. The van der Waals surface area contributed by atoms with Crippen LogP contribution in [0.4, 0.5) is 18.9 Å². The summed E-state index contributed by atoms with van der Waals surface area (Å²) in [5, 5.41) is 10.7. The van der Waals surface area contributed by atoms with Crippen LogP contribution < -0.4 is 5.32 Å². The van der Waals surface area contributed by atoms with E-state index in [0.717, 1.165) is 12.1 Å². The Bertz CT molecular complexity index is 570. The van der Waals surface area contributed by atoms with Gasteiger partial charge in [0.15, 0.2) is 0 Å². The van der Waals surface area contributed by atoms with Gasteiger partial charge in [0, 0.05) is 17.1 Å². The molecule has 1 N–H and O–H groups in total. The summed E-state index contributed by atoms with van der Waals surface area (Å²) in [5.74, 6) is 0.0944. The van der Waals surface area contributed by atoms with Gasteiger partial charge in [0.1, 0.15) is 0 Å². The molecule has 0 aliphatic heterocycles. The maximum absolute atomic E-state index is 12.8. The molecule has 0 aromatic heterocycles. The molecule has 1 rings (SSSR count). The molecule has 0 saturated heterocycles. The van der Waals surface area contributed by atoms with E-state index >= 15 is 0 Å². The predicted molar refractivity (Wildman–Crippen MR) is 84.0 cm³/mol. The molecule has 1 aromatic rings. The summed E-state index contributed by atoms with van der Waals surface area (Å²) in [5.41, 5.74) is -0.687. The highest BCUT2D eigenvalue weighted by Crippen LogP contribution is 2.36. The number of nitrogens with zero attached hydrogens (tertiary/aromatic N) is 1. The average molecular weight is 348 g/mol. The van der Waals surface area contributed by atoms with E-state index in [1.807, 2.05) is 6.07 Å². The average Bonchev–Trinajstić information content (AvgIpc) is 2.46. The van der Waals surface area contributed by atoms with E-state index in [0.29, 0.717) is 10.6 Å². The van der Waals surface area contributed by atoms with Crippen molar-refractivity contribution in [2.75, 3.05) is 17.3 Å². The molecule has 8 heteroatoms. The molecule has 0 fully saturated rings. The van der Waals surface area contributed by atoms with Crippen LogP contribution in [0.1, 0.15) is 18.9 Å². The summed E-state index contributed by atoms with van der Waals surface area (Å²) in [6.07, 6.45) is -2.44. The molecule has 1 aromatic carbocycles. The van der Waals surface area contributed by atoms with Crippen LogP contribution in [0.25, 0.3) is 0 Å². The second-order valence-corrected chi connectivity index (χ2v) is 6.65. The van der Waals surface area contributed by atoms with Crippen molar-refractivity contribution < 1.29 is 18.0 Å². The molecule has 3 nitrogen and oxygen atoms in total. The van der Waals surface area contributed by atoms with Crippen LogP contribution in [0.2, 0.25) is 0 Å². The fourth-order valence-electron chi connectivity index (χ4n) is 1.48. The number of nitriles is 1. The number of carbonyl (C=O) groups is 1. The second-order valence-electron chi connectivity index (χ2n) is 4.33. The fourth-order valence-corrected chi connectivity index (χ4v) is 2.59. The lowest BCUT2D eigenvalue weighted by Crippen LogP contribution is -2.22. The first kappa shape index (κ1) is 18.7. The van der Waals surface area contributed by atoms with Crippen LogP contribution in [0.5, 0.6) is 0 Å². The van der Waals surface area contributed by atoms with Gasteiger partial charge in [-0.25, -0.2) is 0 Å². The van der Waals surface area contributed by atoms with E-state index in [1.54, 1.807) is 13.2 Å². The van der Waals surface area contributed by atoms with Gasteiger partial charge < -0.3 is 5.32 Å². The third-order valence-corrected chi connectivity index (χ3v) is 4.76. The highest BCUT2D eigenvalue weighted by molar-refractivity contribution is 8.00. The van der Waals surface area contributed by atoms with Crippen LogP contribution >= 0.6 is 23.5 Å². The molecule has 120 valence electrons. The van der Waals surface area contributed by atoms with Crippen molar-refractivity contribution in [3.8, 4) is 6.07 Å². The molecule has 0 saturated carbocycles. The first-order valence-corrected chi connectivity index (χ1v) is 8.61. The summed E-state index contributed by atoms with van der Waals surface area (Å²) in [6.45, 7) is 1.68. The van der Waals surface area contributed by atoms with E-state index in [9.17, 15) is 18.0 Å². The number of hydrogen-bond acceptors (Lipinski definition) is 4. The van der Waals surface area contributed by atoms with Gasteiger partial charge in [-0.15, -0.1) is 11.8 Å². The number of halogens is 3. The van der Waals surface area contributed by atoms with Gasteiger partial charge in [-0.3, -0.25) is 4.79 Å². The number of thioether (sulfide) groups is 2. The number of anilines is 1. The molecule has 0 bridgehead atoms. The maximum Gasteiger partial charge on any atom is 0.416 e. The third-order valence-electron chi connectivity index (χ3n) is 2.76. The minimum absolute atomic E-state index is 0.128. The lowest BCUT2D eigenvalue weighted by Gasteiger charge is -2.15. The number of carbonyl (C=O) groups excluding carboxylic acids is 1. The summed E-state index contributed by atoms with van der Waals surface area (Å²) >= 11 is 2.55. The van der Waals surface area contributed by atoms with Crippen molar-refractivity contribution >= 4 is 35.1 Å². The molecule has 1 amide bonds. The standard InChI is InChI=1S/C14H15F3N2OS2/c1-9(21-2)13(20)19-11-8-10(14(15,16)17)4-5-12(11)22-7-3-6-18/h4-5,8-9H,3,7H2,1-2H3,(H,19,20). The van der Waals surface area contributed by atoms with Gasteiger partial charge in [0.25, 0.3) is 0 Å². The zero-order valence-corrected chi connectivity index (χ0v) is 13.7. The predicted octanol–water partition coefficient (Wildman–Crippen LogP) is 4.40. The summed E-state index contributed by atoms with van der Waals surface area (Å²) in [4.78, 5) is 12.4. The van der Waals surface area contributed by atoms with Crippen molar-refractivity contribution in [1.29, 1.82) is 5.26 Å². The Morgan fingerprint density at radius 1 is 1.45 bits per heavy atom. The van der Waals surface area contributed by atoms with Crippen molar-refractivity contribution in [3.63, 3.8) is 0 Å². The number of amides is 1. The molecule has 0 radical (unpaired) electrons. The van der Waals surface area contributed by atoms with E-state index in [1.165, 1.54) is 29.6 Å². The van der Waals surface area contributed by atoms with Crippen molar-refractivity contribution in [3.05, 3.63) is 23.8 Å². The van der Waals surface area contributed by atoms with Crippen LogP contribution in [0.15, 0.2) is 23.1 Å². The molecule has 0 aliphatic rings. The van der Waals surface area contributed by atoms with Gasteiger partial charge in [0.05, 0.1) is 22.6 Å². The quantitative estimate of drug-likeness (QED) is 0.611. The fraction of sp³-hybridized carbons (Fsp3) is 0.429. The molecule has 22 heavy (non-hydrogen) atoms. The molecule has 0 spiro atoms. The summed E-state index contributed by atoms with van der Waals surface area (Å²) in [7, 11) is 0. The van der Waals surface area contributed by atoms with Crippen LogP contribution in [-0.4, -0.2) is 23.2 Å². The lowest BCUT2D eigenvalue weighted by molar-refractivity contribution is -0.137. The molecule has 0 aliphatic carbocycles. The van der Waals surface area contributed by atoms with Crippen molar-refractivity contribution in [2.45, 2.75) is 29.7 Å². The molecular formula is C14H15F3N2OS2. The summed E-state index contributed by atoms with van der Waals surface area (Å²) < 4.78 is 38.4. The lowest BCUT2D eigenvalue weighted by atomic mass is 10.2. The first-order valence-electron chi connectivity index (χ1n) is 6.34. The van der Waals surface area contributed by atoms with Gasteiger partial charge in [-0.1, -0.05) is 0 Å². The number of benzene rings is 1. The highest BCUT2D eigenvalue weighted by atomic mass is 32.2.